The van der Waals surface area contributed by atoms with Crippen LogP contribution in [0.5, 0.6) is 0 Å². The van der Waals surface area contributed by atoms with Gasteiger partial charge in [0.15, 0.2) is 0 Å². The van der Waals surface area contributed by atoms with Crippen molar-refractivity contribution in [3.63, 3.8) is 0 Å². The van der Waals surface area contributed by atoms with Gasteiger partial charge in [-0.3, -0.25) is 0 Å². The van der Waals surface area contributed by atoms with E-state index in [1.165, 1.54) is 70.6 Å². The Hall–Kier alpha value is -0.0800. The molecule has 18 heavy (non-hydrogen) atoms. The van der Waals surface area contributed by atoms with Crippen LogP contribution in [0.2, 0.25) is 0 Å². The summed E-state index contributed by atoms with van der Waals surface area (Å²) in [6.07, 6.45) is 16.3. The van der Waals surface area contributed by atoms with Gasteiger partial charge in [0.2, 0.25) is 0 Å². The minimum absolute atomic E-state index is 0.115. The number of rotatable bonds is 14. The average molecular weight is 258 g/mol. The second-order valence-corrected chi connectivity index (χ2v) is 5.60. The van der Waals surface area contributed by atoms with Crippen LogP contribution in [0, 0.1) is 0 Å². The maximum Gasteiger partial charge on any atom is 0.0512 e. The van der Waals surface area contributed by atoms with E-state index >= 15 is 0 Å². The monoisotopic (exact) mass is 258 g/mol. The second kappa shape index (κ2) is 15.0. The molecule has 110 valence electrons. The molecule has 0 saturated heterocycles. The largest absolute Gasteiger partial charge is 0.396 e. The molecule has 1 atom stereocenters. The van der Waals surface area contributed by atoms with E-state index in [2.05, 4.69) is 0 Å². The van der Waals surface area contributed by atoms with E-state index in [1.807, 2.05) is 6.92 Å². The Bertz CT molecular complexity index is 146. The summed E-state index contributed by atoms with van der Waals surface area (Å²) < 4.78 is 0. The zero-order chi connectivity index (χ0) is 13.5. The van der Waals surface area contributed by atoms with Gasteiger partial charge in [0.25, 0.3) is 0 Å². The fourth-order valence-corrected chi connectivity index (χ4v) is 2.32. The van der Waals surface area contributed by atoms with Crippen LogP contribution in [0.15, 0.2) is 0 Å². The van der Waals surface area contributed by atoms with E-state index < -0.39 is 0 Å². The Morgan fingerprint density at radius 2 is 0.944 bits per heavy atom. The van der Waals surface area contributed by atoms with Gasteiger partial charge in [0, 0.05) is 6.61 Å². The first-order valence-corrected chi connectivity index (χ1v) is 8.06. The summed E-state index contributed by atoms with van der Waals surface area (Å²) in [6, 6.07) is 0. The molecular weight excluding hydrogens is 224 g/mol. The summed E-state index contributed by atoms with van der Waals surface area (Å²) in [7, 11) is 0. The van der Waals surface area contributed by atoms with Gasteiger partial charge in [-0.05, 0) is 19.8 Å². The molecule has 2 nitrogen and oxygen atoms in total. The van der Waals surface area contributed by atoms with Crippen molar-refractivity contribution in [2.45, 2.75) is 96.5 Å². The van der Waals surface area contributed by atoms with E-state index in [0.29, 0.717) is 6.61 Å². The van der Waals surface area contributed by atoms with Crippen molar-refractivity contribution in [3.05, 3.63) is 0 Å². The summed E-state index contributed by atoms with van der Waals surface area (Å²) in [5.41, 5.74) is 0. The Kier molecular flexibility index (Phi) is 14.9. The molecule has 0 fully saturated rings. The first-order chi connectivity index (χ1) is 8.77. The standard InChI is InChI=1S/C16H34O2/c1-16(18)14-12-10-8-6-4-2-3-5-7-9-11-13-15-17/h16-18H,2-15H2,1H3. The molecule has 0 aromatic carbocycles. The van der Waals surface area contributed by atoms with Gasteiger partial charge in [-0.1, -0.05) is 70.6 Å². The van der Waals surface area contributed by atoms with Gasteiger partial charge in [-0.2, -0.15) is 0 Å². The second-order valence-electron chi connectivity index (χ2n) is 5.60. The van der Waals surface area contributed by atoms with Gasteiger partial charge in [-0.15, -0.1) is 0 Å². The molecule has 0 aliphatic rings. The molecule has 2 N–H and O–H groups in total. The quantitative estimate of drug-likeness (QED) is 0.452. The van der Waals surface area contributed by atoms with E-state index in [4.69, 9.17) is 10.2 Å². The van der Waals surface area contributed by atoms with Crippen molar-refractivity contribution in [1.82, 2.24) is 0 Å². The normalized spacial score (nSPS) is 12.8. The summed E-state index contributed by atoms with van der Waals surface area (Å²) in [5.74, 6) is 0. The fraction of sp³-hybridized carbons (Fsp3) is 1.00. The molecule has 0 rings (SSSR count). The number of aliphatic hydroxyl groups excluding tert-OH is 2. The lowest BCUT2D eigenvalue weighted by Gasteiger charge is -2.04. The van der Waals surface area contributed by atoms with Crippen LogP contribution in [-0.2, 0) is 0 Å². The van der Waals surface area contributed by atoms with Gasteiger partial charge in [0.1, 0.15) is 0 Å². The van der Waals surface area contributed by atoms with Gasteiger partial charge >= 0.3 is 0 Å². The number of hydrogen-bond donors (Lipinski definition) is 2. The van der Waals surface area contributed by atoms with Crippen LogP contribution in [0.3, 0.4) is 0 Å². The van der Waals surface area contributed by atoms with Crippen molar-refractivity contribution in [1.29, 1.82) is 0 Å². The van der Waals surface area contributed by atoms with Gasteiger partial charge in [0.05, 0.1) is 6.10 Å². The minimum atomic E-state index is -0.115. The number of aliphatic hydroxyl groups is 2. The lowest BCUT2D eigenvalue weighted by molar-refractivity contribution is 0.180. The molecule has 0 bridgehead atoms. The van der Waals surface area contributed by atoms with Crippen LogP contribution >= 0.6 is 0 Å². The Labute approximate surface area is 114 Å². The van der Waals surface area contributed by atoms with Crippen LogP contribution < -0.4 is 0 Å². The maximum absolute atomic E-state index is 9.12. The third-order valence-corrected chi connectivity index (χ3v) is 3.53. The SMILES string of the molecule is CC(O)CCCCCCCCCCCCCCO. The van der Waals surface area contributed by atoms with Gasteiger partial charge in [-0.25, -0.2) is 0 Å². The van der Waals surface area contributed by atoms with E-state index in [0.717, 1.165) is 12.8 Å². The minimum Gasteiger partial charge on any atom is -0.396 e. The number of hydrogen-bond acceptors (Lipinski definition) is 2. The molecule has 0 amide bonds. The zero-order valence-corrected chi connectivity index (χ0v) is 12.4. The molecular formula is C16H34O2. The third kappa shape index (κ3) is 15.9. The van der Waals surface area contributed by atoms with Gasteiger partial charge < -0.3 is 10.2 Å². The Balaban J connectivity index is 2.90. The fourth-order valence-electron chi connectivity index (χ4n) is 2.32. The maximum atomic E-state index is 9.12. The van der Waals surface area contributed by atoms with Crippen molar-refractivity contribution in [2.24, 2.45) is 0 Å². The average Bonchev–Trinajstić information content (AvgIpc) is 2.34. The van der Waals surface area contributed by atoms with E-state index in [1.54, 1.807) is 0 Å². The highest BCUT2D eigenvalue weighted by Gasteiger charge is 1.96. The predicted molar refractivity (Wildman–Crippen MR) is 78.8 cm³/mol. The van der Waals surface area contributed by atoms with Crippen LogP contribution in [0.25, 0.3) is 0 Å². The molecule has 0 aliphatic carbocycles. The highest BCUT2D eigenvalue weighted by Crippen LogP contribution is 2.12. The van der Waals surface area contributed by atoms with Crippen molar-refractivity contribution < 1.29 is 10.2 Å². The molecule has 0 aliphatic heterocycles. The lowest BCUT2D eigenvalue weighted by atomic mass is 10.0. The highest BCUT2D eigenvalue weighted by molar-refractivity contribution is 4.51. The molecule has 0 heterocycles. The molecule has 0 spiro atoms. The molecule has 0 radical (unpaired) electrons. The zero-order valence-electron chi connectivity index (χ0n) is 12.4. The summed E-state index contributed by atoms with van der Waals surface area (Å²) >= 11 is 0. The number of unbranched alkanes of at least 4 members (excludes halogenated alkanes) is 11. The first-order valence-electron chi connectivity index (χ1n) is 8.06. The Morgan fingerprint density at radius 1 is 0.611 bits per heavy atom. The molecule has 0 saturated carbocycles. The highest BCUT2D eigenvalue weighted by atomic mass is 16.3. The molecule has 2 heteroatoms. The lowest BCUT2D eigenvalue weighted by Crippen LogP contribution is -1.98. The van der Waals surface area contributed by atoms with Crippen LogP contribution in [-0.4, -0.2) is 22.9 Å². The van der Waals surface area contributed by atoms with E-state index in [9.17, 15) is 0 Å². The smallest absolute Gasteiger partial charge is 0.0512 e. The molecule has 0 aromatic rings. The summed E-state index contributed by atoms with van der Waals surface area (Å²) in [6.45, 7) is 2.23. The van der Waals surface area contributed by atoms with Crippen molar-refractivity contribution in [2.75, 3.05) is 6.61 Å². The summed E-state index contributed by atoms with van der Waals surface area (Å²) in [4.78, 5) is 0. The van der Waals surface area contributed by atoms with Crippen LogP contribution in [0.1, 0.15) is 90.4 Å². The molecule has 1 unspecified atom stereocenters. The third-order valence-electron chi connectivity index (χ3n) is 3.53. The van der Waals surface area contributed by atoms with Crippen molar-refractivity contribution in [3.8, 4) is 0 Å². The predicted octanol–water partition coefficient (Wildman–Crippen LogP) is 4.43. The molecule has 0 aromatic heterocycles. The summed E-state index contributed by atoms with van der Waals surface area (Å²) in [5, 5.41) is 17.8. The topological polar surface area (TPSA) is 40.5 Å². The van der Waals surface area contributed by atoms with Crippen molar-refractivity contribution >= 4 is 0 Å². The first kappa shape index (κ1) is 17.9. The Morgan fingerprint density at radius 3 is 1.28 bits per heavy atom. The van der Waals surface area contributed by atoms with Crippen LogP contribution in [0.4, 0.5) is 0 Å². The van der Waals surface area contributed by atoms with E-state index in [-0.39, 0.29) is 6.10 Å².